The number of halogens is 1. The Morgan fingerprint density at radius 1 is 1.12 bits per heavy atom. The second-order valence-corrected chi connectivity index (χ2v) is 9.84. The average molecular weight is 458 g/mol. The first kappa shape index (κ1) is 23.5. The van der Waals surface area contributed by atoms with E-state index in [0.29, 0.717) is 19.5 Å². The zero-order valence-corrected chi connectivity index (χ0v) is 19.3. The standard InChI is InChI=1S/C24H28FN3O3S/c1-4-13-27(24(26)29)14-12-22-17(2)28(20-10-8-19(25)9-11-20)16-23(22)18-6-5-7-21(15-18)32(3,30)31/h5-11,15-16H,4,12-14H2,1-3H3,(H2,26,29). The number of carbonyl (C=O) groups is 1. The third kappa shape index (κ3) is 5.19. The van der Waals surface area contributed by atoms with Crippen LogP contribution in [0.5, 0.6) is 0 Å². The number of benzene rings is 2. The first-order valence-corrected chi connectivity index (χ1v) is 12.3. The lowest BCUT2D eigenvalue weighted by molar-refractivity contribution is 0.208. The number of hydrogen-bond acceptors (Lipinski definition) is 3. The highest BCUT2D eigenvalue weighted by Crippen LogP contribution is 2.32. The maximum Gasteiger partial charge on any atom is 0.314 e. The van der Waals surface area contributed by atoms with Crippen molar-refractivity contribution in [3.63, 3.8) is 0 Å². The molecule has 170 valence electrons. The summed E-state index contributed by atoms with van der Waals surface area (Å²) in [5.74, 6) is -0.323. The fourth-order valence-corrected chi connectivity index (χ4v) is 4.49. The summed E-state index contributed by atoms with van der Waals surface area (Å²) in [6.07, 6.45) is 4.44. The van der Waals surface area contributed by atoms with Crippen LogP contribution >= 0.6 is 0 Å². The van der Waals surface area contributed by atoms with Gasteiger partial charge in [0.1, 0.15) is 5.82 Å². The summed E-state index contributed by atoms with van der Waals surface area (Å²) in [5, 5.41) is 0. The van der Waals surface area contributed by atoms with Gasteiger partial charge in [0, 0.05) is 42.5 Å². The van der Waals surface area contributed by atoms with Crippen LogP contribution in [-0.4, -0.2) is 43.3 Å². The van der Waals surface area contributed by atoms with E-state index in [0.717, 1.165) is 34.5 Å². The Labute approximate surface area is 188 Å². The Hall–Kier alpha value is -3.13. The van der Waals surface area contributed by atoms with Crippen molar-refractivity contribution in [3.8, 4) is 16.8 Å². The van der Waals surface area contributed by atoms with Gasteiger partial charge in [0.2, 0.25) is 0 Å². The Morgan fingerprint density at radius 3 is 2.41 bits per heavy atom. The Bertz CT molecular complexity index is 1220. The monoisotopic (exact) mass is 457 g/mol. The smallest absolute Gasteiger partial charge is 0.314 e. The molecule has 2 amide bonds. The molecule has 6 nitrogen and oxygen atoms in total. The van der Waals surface area contributed by atoms with Gasteiger partial charge >= 0.3 is 6.03 Å². The van der Waals surface area contributed by atoms with Gasteiger partial charge in [-0.2, -0.15) is 0 Å². The molecule has 2 aromatic carbocycles. The molecule has 1 heterocycles. The van der Waals surface area contributed by atoms with E-state index in [-0.39, 0.29) is 10.7 Å². The third-order valence-corrected chi connectivity index (χ3v) is 6.61. The topological polar surface area (TPSA) is 85.4 Å². The molecule has 0 aliphatic heterocycles. The van der Waals surface area contributed by atoms with Gasteiger partial charge < -0.3 is 15.2 Å². The molecule has 3 rings (SSSR count). The van der Waals surface area contributed by atoms with Crippen LogP contribution in [0.3, 0.4) is 0 Å². The molecular formula is C24H28FN3O3S. The van der Waals surface area contributed by atoms with Crippen molar-refractivity contribution in [1.82, 2.24) is 9.47 Å². The Balaban J connectivity index is 2.11. The maximum absolute atomic E-state index is 13.5. The highest BCUT2D eigenvalue weighted by Gasteiger charge is 2.19. The van der Waals surface area contributed by atoms with Crippen LogP contribution in [0.25, 0.3) is 16.8 Å². The van der Waals surface area contributed by atoms with Gasteiger partial charge in [0.15, 0.2) is 9.84 Å². The molecule has 0 unspecified atom stereocenters. The molecule has 0 atom stereocenters. The molecule has 2 N–H and O–H groups in total. The SMILES string of the molecule is CCCN(CCc1c(-c2cccc(S(C)(=O)=O)c2)cn(-c2ccc(F)cc2)c1C)C(N)=O. The van der Waals surface area contributed by atoms with Crippen molar-refractivity contribution >= 4 is 15.9 Å². The number of carbonyl (C=O) groups excluding carboxylic acids is 1. The third-order valence-electron chi connectivity index (χ3n) is 5.50. The van der Waals surface area contributed by atoms with E-state index in [1.807, 2.05) is 30.7 Å². The highest BCUT2D eigenvalue weighted by atomic mass is 32.2. The minimum Gasteiger partial charge on any atom is -0.351 e. The van der Waals surface area contributed by atoms with Crippen LogP contribution in [-0.2, 0) is 16.3 Å². The fourth-order valence-electron chi connectivity index (χ4n) is 3.82. The molecule has 0 bridgehead atoms. The summed E-state index contributed by atoms with van der Waals surface area (Å²) in [7, 11) is -3.37. The number of primary amides is 1. The van der Waals surface area contributed by atoms with Gasteiger partial charge in [-0.3, -0.25) is 0 Å². The molecule has 1 aromatic heterocycles. The molecule has 0 aliphatic rings. The molecule has 0 radical (unpaired) electrons. The predicted molar refractivity (Wildman–Crippen MR) is 124 cm³/mol. The number of aromatic nitrogens is 1. The fraction of sp³-hybridized carbons (Fsp3) is 0.292. The summed E-state index contributed by atoms with van der Waals surface area (Å²) >= 11 is 0. The molecule has 0 spiro atoms. The van der Waals surface area contributed by atoms with Crippen LogP contribution in [0.2, 0.25) is 0 Å². The van der Waals surface area contributed by atoms with Gasteiger partial charge in [-0.15, -0.1) is 0 Å². The number of hydrogen-bond donors (Lipinski definition) is 1. The number of nitrogens with zero attached hydrogens (tertiary/aromatic N) is 2. The molecule has 8 heteroatoms. The van der Waals surface area contributed by atoms with E-state index in [1.165, 1.54) is 18.4 Å². The lowest BCUT2D eigenvalue weighted by Gasteiger charge is -2.20. The number of amides is 2. The number of nitrogens with two attached hydrogens (primary N) is 1. The van der Waals surface area contributed by atoms with Gasteiger partial charge in [0.25, 0.3) is 0 Å². The molecule has 3 aromatic rings. The average Bonchev–Trinajstić information content (AvgIpc) is 3.07. The van der Waals surface area contributed by atoms with E-state index < -0.39 is 15.9 Å². The summed E-state index contributed by atoms with van der Waals surface area (Å²) < 4.78 is 39.6. The van der Waals surface area contributed by atoms with E-state index in [9.17, 15) is 17.6 Å². The van der Waals surface area contributed by atoms with Crippen LogP contribution in [0.15, 0.2) is 59.6 Å². The Kier molecular flexibility index (Phi) is 7.03. The van der Waals surface area contributed by atoms with Crippen LogP contribution in [0.1, 0.15) is 24.6 Å². The molecule has 0 saturated carbocycles. The van der Waals surface area contributed by atoms with Gasteiger partial charge in [-0.05, 0) is 67.3 Å². The maximum atomic E-state index is 13.5. The van der Waals surface area contributed by atoms with Gasteiger partial charge in [0.05, 0.1) is 4.90 Å². The van der Waals surface area contributed by atoms with Crippen LogP contribution in [0.4, 0.5) is 9.18 Å². The number of urea groups is 1. The quantitative estimate of drug-likeness (QED) is 0.546. The first-order valence-electron chi connectivity index (χ1n) is 10.4. The molecule has 32 heavy (non-hydrogen) atoms. The second-order valence-electron chi connectivity index (χ2n) is 7.83. The largest absolute Gasteiger partial charge is 0.351 e. The van der Waals surface area contributed by atoms with Crippen LogP contribution < -0.4 is 5.73 Å². The van der Waals surface area contributed by atoms with E-state index in [2.05, 4.69) is 0 Å². The van der Waals surface area contributed by atoms with Crippen molar-refractivity contribution < 1.29 is 17.6 Å². The summed E-state index contributed by atoms with van der Waals surface area (Å²) in [6, 6.07) is 12.5. The normalized spacial score (nSPS) is 11.5. The van der Waals surface area contributed by atoms with Crippen molar-refractivity contribution in [2.45, 2.75) is 31.6 Å². The predicted octanol–water partition coefficient (Wildman–Crippen LogP) is 4.33. The first-order chi connectivity index (χ1) is 15.1. The molecular weight excluding hydrogens is 429 g/mol. The van der Waals surface area contributed by atoms with Crippen molar-refractivity contribution in [2.24, 2.45) is 5.73 Å². The van der Waals surface area contributed by atoms with E-state index in [4.69, 9.17) is 5.73 Å². The van der Waals surface area contributed by atoms with E-state index in [1.54, 1.807) is 35.2 Å². The molecule has 0 aliphatic carbocycles. The Morgan fingerprint density at radius 2 is 1.81 bits per heavy atom. The lowest BCUT2D eigenvalue weighted by atomic mass is 10.0. The minimum atomic E-state index is -3.37. The summed E-state index contributed by atoms with van der Waals surface area (Å²) in [5.41, 5.74) is 9.84. The summed E-state index contributed by atoms with van der Waals surface area (Å²) in [4.78, 5) is 13.6. The molecule has 0 saturated heterocycles. The van der Waals surface area contributed by atoms with Gasteiger partial charge in [-0.25, -0.2) is 17.6 Å². The zero-order chi connectivity index (χ0) is 23.5. The summed E-state index contributed by atoms with van der Waals surface area (Å²) in [6.45, 7) is 4.94. The zero-order valence-electron chi connectivity index (χ0n) is 18.5. The van der Waals surface area contributed by atoms with E-state index >= 15 is 0 Å². The van der Waals surface area contributed by atoms with Crippen molar-refractivity contribution in [3.05, 3.63) is 71.8 Å². The lowest BCUT2D eigenvalue weighted by Crippen LogP contribution is -2.37. The van der Waals surface area contributed by atoms with Crippen molar-refractivity contribution in [1.29, 1.82) is 0 Å². The number of sulfone groups is 1. The van der Waals surface area contributed by atoms with Gasteiger partial charge in [-0.1, -0.05) is 19.1 Å². The van der Waals surface area contributed by atoms with Crippen LogP contribution in [0, 0.1) is 12.7 Å². The highest BCUT2D eigenvalue weighted by molar-refractivity contribution is 7.90. The van der Waals surface area contributed by atoms with Crippen molar-refractivity contribution in [2.75, 3.05) is 19.3 Å². The second kappa shape index (κ2) is 9.56. The number of rotatable bonds is 8. The minimum absolute atomic E-state index is 0.234. The molecule has 0 fully saturated rings.